The first kappa shape index (κ1) is 29.8. The van der Waals surface area contributed by atoms with Crippen LogP contribution in [0.4, 0.5) is 5.69 Å². The Bertz CT molecular complexity index is 1260. The van der Waals surface area contributed by atoms with Gasteiger partial charge >= 0.3 is 0 Å². The Hall–Kier alpha value is -3.79. The van der Waals surface area contributed by atoms with E-state index in [-0.39, 0.29) is 42.0 Å². The van der Waals surface area contributed by atoms with Gasteiger partial charge in [-0.15, -0.1) is 0 Å². The number of aryl methyl sites for hydroxylation is 1. The first-order valence-corrected chi connectivity index (χ1v) is 13.1. The van der Waals surface area contributed by atoms with Crippen LogP contribution in [0.2, 0.25) is 0 Å². The highest BCUT2D eigenvalue weighted by Gasteiger charge is 2.30. The summed E-state index contributed by atoms with van der Waals surface area (Å²) in [6.45, 7) is 5.36. The third-order valence-corrected chi connectivity index (χ3v) is 6.68. The van der Waals surface area contributed by atoms with E-state index < -0.39 is 12.1 Å². The number of hydrogen-bond acceptors (Lipinski definition) is 8. The molecule has 3 rings (SSSR count). The number of aliphatic hydroxyl groups excluding tert-OH is 1. The summed E-state index contributed by atoms with van der Waals surface area (Å²) in [6, 6.07) is 5.77. The molecule has 2 unspecified atom stereocenters. The molecule has 0 heterocycles. The van der Waals surface area contributed by atoms with Crippen molar-refractivity contribution in [2.75, 3.05) is 39.8 Å². The lowest BCUT2D eigenvalue weighted by Crippen LogP contribution is -2.42. The van der Waals surface area contributed by atoms with E-state index in [1.165, 1.54) is 20.1 Å². The molecule has 0 saturated heterocycles. The lowest BCUT2D eigenvalue weighted by molar-refractivity contribution is -0.122. The number of anilines is 1. The number of benzene rings is 1. The molecule has 0 saturated carbocycles. The maximum Gasteiger partial charge on any atom is 0.242 e. The Morgan fingerprint density at radius 3 is 2.38 bits per heavy atom. The highest BCUT2D eigenvalue weighted by molar-refractivity contribution is 5.86. The van der Waals surface area contributed by atoms with Gasteiger partial charge < -0.3 is 35.3 Å². The number of rotatable bonds is 11. The molecule has 1 aliphatic carbocycles. The van der Waals surface area contributed by atoms with Gasteiger partial charge in [0.25, 0.3) is 0 Å². The van der Waals surface area contributed by atoms with Gasteiger partial charge in [-0.3, -0.25) is 14.4 Å². The van der Waals surface area contributed by atoms with E-state index in [4.69, 9.17) is 19.3 Å². The van der Waals surface area contributed by atoms with Crippen LogP contribution in [0.5, 0.6) is 17.2 Å². The molecule has 2 aromatic carbocycles. The lowest BCUT2D eigenvalue weighted by Gasteiger charge is -2.20. The van der Waals surface area contributed by atoms with Gasteiger partial charge in [-0.1, -0.05) is 19.9 Å². The zero-order valence-electron chi connectivity index (χ0n) is 23.5. The number of carbonyl (C=O) groups excluding carboxylic acids is 2. The zero-order chi connectivity index (χ0) is 28.7. The molecule has 4 N–H and O–H groups in total. The number of methoxy groups -OCH3 is 3. The minimum atomic E-state index is -0.677. The van der Waals surface area contributed by atoms with Crippen LogP contribution in [0.3, 0.4) is 0 Å². The molecule has 39 heavy (non-hydrogen) atoms. The largest absolute Gasteiger partial charge is 0.493 e. The van der Waals surface area contributed by atoms with Crippen molar-refractivity contribution in [3.63, 3.8) is 0 Å². The smallest absolute Gasteiger partial charge is 0.242 e. The van der Waals surface area contributed by atoms with Crippen molar-refractivity contribution in [1.82, 2.24) is 10.6 Å². The SMILES string of the molecule is COc1cc2c(c(OC)c1OC)-c1ccc(NC(CC(C)C)C(=O)NCCO)c(=O)cc1C(NC(C)=O)CC2. The maximum atomic E-state index is 13.6. The number of ether oxygens (including phenoxy) is 3. The van der Waals surface area contributed by atoms with Gasteiger partial charge in [0.1, 0.15) is 6.04 Å². The Balaban J connectivity index is 2.24. The quantitative estimate of drug-likeness (QED) is 0.341. The predicted octanol–water partition coefficient (Wildman–Crippen LogP) is 2.80. The summed E-state index contributed by atoms with van der Waals surface area (Å²) in [5.41, 5.74) is 2.94. The number of aliphatic hydroxyl groups is 1. The van der Waals surface area contributed by atoms with Crippen molar-refractivity contribution in [1.29, 1.82) is 0 Å². The van der Waals surface area contributed by atoms with Crippen LogP contribution < -0.4 is 35.6 Å². The molecular weight excluding hydrogens is 502 g/mol. The van der Waals surface area contributed by atoms with E-state index in [0.29, 0.717) is 47.6 Å². The Morgan fingerprint density at radius 2 is 1.79 bits per heavy atom. The molecule has 0 aromatic heterocycles. The second-order valence-corrected chi connectivity index (χ2v) is 9.94. The van der Waals surface area contributed by atoms with E-state index in [1.54, 1.807) is 20.3 Å². The maximum absolute atomic E-state index is 13.6. The summed E-state index contributed by atoms with van der Waals surface area (Å²) in [5, 5.41) is 17.9. The summed E-state index contributed by atoms with van der Waals surface area (Å²) < 4.78 is 17.0. The molecule has 0 spiro atoms. The first-order valence-electron chi connectivity index (χ1n) is 13.1. The van der Waals surface area contributed by atoms with E-state index in [9.17, 15) is 14.4 Å². The molecular formula is C29H39N3O7. The number of amides is 2. The van der Waals surface area contributed by atoms with Crippen LogP contribution in [0.25, 0.3) is 11.1 Å². The van der Waals surface area contributed by atoms with Gasteiger partial charge in [-0.25, -0.2) is 0 Å². The van der Waals surface area contributed by atoms with E-state index in [1.807, 2.05) is 26.0 Å². The minimum absolute atomic E-state index is 0.122. The van der Waals surface area contributed by atoms with Crippen LogP contribution in [0.1, 0.15) is 50.8 Å². The fraction of sp³-hybridized carbons (Fsp3) is 0.483. The normalized spacial score (nSPS) is 14.8. The minimum Gasteiger partial charge on any atom is -0.493 e. The number of carbonyl (C=O) groups is 2. The van der Waals surface area contributed by atoms with Crippen LogP contribution in [0, 0.1) is 5.92 Å². The van der Waals surface area contributed by atoms with Crippen LogP contribution in [-0.2, 0) is 16.0 Å². The summed E-state index contributed by atoms with van der Waals surface area (Å²) in [6.07, 6.45) is 1.62. The van der Waals surface area contributed by atoms with Gasteiger partial charge in [0.15, 0.2) is 11.5 Å². The molecule has 212 valence electrons. The summed E-state index contributed by atoms with van der Waals surface area (Å²) >= 11 is 0. The molecule has 2 atom stereocenters. The average Bonchev–Trinajstić information content (AvgIpc) is 3.14. The monoisotopic (exact) mass is 541 g/mol. The van der Waals surface area contributed by atoms with Crippen molar-refractivity contribution >= 4 is 17.5 Å². The molecule has 10 heteroatoms. The molecule has 2 aromatic rings. The Morgan fingerprint density at radius 1 is 1.08 bits per heavy atom. The summed E-state index contributed by atoms with van der Waals surface area (Å²) in [5.74, 6) is 1.07. The first-order chi connectivity index (χ1) is 18.6. The predicted molar refractivity (Wildman–Crippen MR) is 150 cm³/mol. The van der Waals surface area contributed by atoms with Crippen molar-refractivity contribution in [3.05, 3.63) is 45.6 Å². The molecule has 0 aliphatic heterocycles. The highest BCUT2D eigenvalue weighted by atomic mass is 16.5. The van der Waals surface area contributed by atoms with Crippen LogP contribution in [0.15, 0.2) is 29.1 Å². The standard InChI is InChI=1S/C29H39N3O7/c1-16(2)13-23(29(36)30-11-12-33)32-22-10-8-19-20(15-24(22)35)21(31-17(3)34)9-7-18-14-25(37-4)27(38-5)28(39-6)26(18)19/h8,10,14-16,21,23,33H,7,9,11-13H2,1-6H3,(H,30,36)(H,31,34)(H,32,35). The third kappa shape index (κ3) is 6.81. The molecule has 2 amide bonds. The molecule has 0 radical (unpaired) electrons. The van der Waals surface area contributed by atoms with Crippen molar-refractivity contribution in [3.8, 4) is 28.4 Å². The Kier molecular flexibility index (Phi) is 10.2. The van der Waals surface area contributed by atoms with E-state index >= 15 is 0 Å². The highest BCUT2D eigenvalue weighted by Crippen LogP contribution is 2.50. The van der Waals surface area contributed by atoms with Gasteiger partial charge in [0, 0.05) is 19.0 Å². The average molecular weight is 542 g/mol. The van der Waals surface area contributed by atoms with Crippen molar-refractivity contribution in [2.45, 2.75) is 52.1 Å². The number of fused-ring (bicyclic) bond motifs is 3. The van der Waals surface area contributed by atoms with Crippen molar-refractivity contribution in [2.24, 2.45) is 5.92 Å². The summed E-state index contributed by atoms with van der Waals surface area (Å²) in [7, 11) is 4.63. The van der Waals surface area contributed by atoms with Crippen LogP contribution in [-0.4, -0.2) is 57.4 Å². The van der Waals surface area contributed by atoms with Crippen LogP contribution >= 0.6 is 0 Å². The topological polar surface area (TPSA) is 135 Å². The lowest BCUT2D eigenvalue weighted by atomic mass is 9.95. The number of hydrogen-bond donors (Lipinski definition) is 4. The fourth-order valence-electron chi connectivity index (χ4n) is 5.02. The fourth-order valence-corrected chi connectivity index (χ4v) is 5.02. The second kappa shape index (κ2) is 13.3. The Labute approximate surface area is 229 Å². The molecule has 0 bridgehead atoms. The van der Waals surface area contributed by atoms with E-state index in [0.717, 1.165) is 11.1 Å². The molecule has 1 aliphatic rings. The van der Waals surface area contributed by atoms with E-state index in [2.05, 4.69) is 16.0 Å². The number of nitrogens with one attached hydrogen (secondary N) is 3. The zero-order valence-corrected chi connectivity index (χ0v) is 23.5. The van der Waals surface area contributed by atoms with Gasteiger partial charge in [-0.05, 0) is 60.1 Å². The van der Waals surface area contributed by atoms with Gasteiger partial charge in [-0.2, -0.15) is 0 Å². The molecule has 10 nitrogen and oxygen atoms in total. The van der Waals surface area contributed by atoms with Gasteiger partial charge in [0.05, 0.1) is 39.7 Å². The summed E-state index contributed by atoms with van der Waals surface area (Å²) in [4.78, 5) is 38.5. The van der Waals surface area contributed by atoms with Gasteiger partial charge in [0.2, 0.25) is 23.0 Å². The van der Waals surface area contributed by atoms with Crippen molar-refractivity contribution < 1.29 is 28.9 Å². The second-order valence-electron chi connectivity index (χ2n) is 9.94. The third-order valence-electron chi connectivity index (χ3n) is 6.68. The molecule has 0 fully saturated rings.